The Morgan fingerprint density at radius 3 is 2.00 bits per heavy atom. The van der Waals surface area contributed by atoms with Crippen LogP contribution in [0.15, 0.2) is 0 Å². The summed E-state index contributed by atoms with van der Waals surface area (Å²) in [6.07, 6.45) is 0.676. The molecule has 0 fully saturated rings. The Labute approximate surface area is 67.6 Å². The number of halogens is 1. The molecule has 4 heteroatoms. The Morgan fingerprint density at radius 1 is 1.50 bits per heavy atom. The van der Waals surface area contributed by atoms with Gasteiger partial charge in [0.1, 0.15) is 0 Å². The van der Waals surface area contributed by atoms with Gasteiger partial charge in [0, 0.05) is 0 Å². The van der Waals surface area contributed by atoms with Crippen molar-refractivity contribution < 1.29 is 4.79 Å². The number of hydrogen-bond donors (Lipinski definition) is 2. The second-order valence-corrected chi connectivity index (χ2v) is 2.64. The smallest absolute Gasteiger partial charge is 0.234 e. The fraction of sp³-hybridized carbons (Fsp3) is 0.833. The van der Waals surface area contributed by atoms with Crippen molar-refractivity contribution in [3.63, 3.8) is 0 Å². The van der Waals surface area contributed by atoms with E-state index in [9.17, 15) is 4.79 Å². The summed E-state index contributed by atoms with van der Waals surface area (Å²) in [5, 5.41) is 0. The molecule has 3 nitrogen and oxygen atoms in total. The predicted molar refractivity (Wildman–Crippen MR) is 43.9 cm³/mol. The molecule has 0 unspecified atom stereocenters. The molecule has 0 aliphatic carbocycles. The molecule has 0 spiro atoms. The molecule has 0 aromatic carbocycles. The molecule has 1 amide bonds. The summed E-state index contributed by atoms with van der Waals surface area (Å²) in [6.45, 7) is 4.01. The largest absolute Gasteiger partial charge is 0.368 e. The van der Waals surface area contributed by atoms with Crippen molar-refractivity contribution in [1.29, 1.82) is 0 Å². The zero-order valence-corrected chi connectivity index (χ0v) is 7.15. The maximum absolute atomic E-state index is 10.3. The molecular weight excluding hydrogens is 152 g/mol. The first-order valence-electron chi connectivity index (χ1n) is 3.09. The normalized spacial score (nSPS) is 12.4. The van der Waals surface area contributed by atoms with Gasteiger partial charge in [0.15, 0.2) is 0 Å². The van der Waals surface area contributed by atoms with Crippen LogP contribution in [0, 0.1) is 5.92 Å². The van der Waals surface area contributed by atoms with Crippen LogP contribution in [0.4, 0.5) is 0 Å². The summed E-state index contributed by atoms with van der Waals surface area (Å²) in [5.41, 5.74) is 10.3. The van der Waals surface area contributed by atoms with E-state index in [0.717, 1.165) is 0 Å². The number of hydrogen-bond acceptors (Lipinski definition) is 2. The zero-order valence-electron chi connectivity index (χ0n) is 6.33. The fourth-order valence-electron chi connectivity index (χ4n) is 0.624. The zero-order chi connectivity index (χ0) is 7.44. The Bertz CT molecular complexity index is 106. The van der Waals surface area contributed by atoms with Crippen molar-refractivity contribution in [2.75, 3.05) is 0 Å². The maximum atomic E-state index is 10.3. The monoisotopic (exact) mass is 166 g/mol. The van der Waals surface area contributed by atoms with Gasteiger partial charge < -0.3 is 11.5 Å². The second-order valence-electron chi connectivity index (χ2n) is 2.64. The number of nitrogens with two attached hydrogens (primary N) is 2. The summed E-state index contributed by atoms with van der Waals surface area (Å²) in [4.78, 5) is 10.3. The minimum absolute atomic E-state index is 0. The molecule has 0 saturated heterocycles. The molecule has 0 rings (SSSR count). The van der Waals surface area contributed by atoms with E-state index in [4.69, 9.17) is 11.5 Å². The van der Waals surface area contributed by atoms with Gasteiger partial charge in [0.2, 0.25) is 5.91 Å². The first-order chi connectivity index (χ1) is 4.04. The van der Waals surface area contributed by atoms with Gasteiger partial charge in [-0.05, 0) is 12.3 Å². The third kappa shape index (κ3) is 5.85. The number of carbonyl (C=O) groups excluding carboxylic acids is 1. The van der Waals surface area contributed by atoms with Crippen molar-refractivity contribution >= 4 is 18.3 Å². The number of primary amides is 1. The van der Waals surface area contributed by atoms with Gasteiger partial charge in [-0.1, -0.05) is 13.8 Å². The number of carbonyl (C=O) groups is 1. The van der Waals surface area contributed by atoms with E-state index in [1.807, 2.05) is 13.8 Å². The van der Waals surface area contributed by atoms with E-state index < -0.39 is 11.9 Å². The lowest BCUT2D eigenvalue weighted by atomic mass is 10.0. The number of rotatable bonds is 3. The number of amides is 1. The highest BCUT2D eigenvalue weighted by molar-refractivity contribution is 5.85. The molecule has 0 aliphatic heterocycles. The molecule has 0 heterocycles. The van der Waals surface area contributed by atoms with Gasteiger partial charge >= 0.3 is 0 Å². The van der Waals surface area contributed by atoms with Crippen LogP contribution >= 0.6 is 12.4 Å². The molecule has 4 N–H and O–H groups in total. The van der Waals surface area contributed by atoms with Crippen LogP contribution < -0.4 is 11.5 Å². The second kappa shape index (κ2) is 5.50. The van der Waals surface area contributed by atoms with Crippen LogP contribution in [0.5, 0.6) is 0 Å². The van der Waals surface area contributed by atoms with Gasteiger partial charge in [-0.15, -0.1) is 12.4 Å². The van der Waals surface area contributed by atoms with Crippen molar-refractivity contribution in [3.05, 3.63) is 0 Å². The van der Waals surface area contributed by atoms with Gasteiger partial charge in [-0.25, -0.2) is 0 Å². The van der Waals surface area contributed by atoms with E-state index in [-0.39, 0.29) is 12.4 Å². The Balaban J connectivity index is 0. The van der Waals surface area contributed by atoms with E-state index in [1.165, 1.54) is 0 Å². The first-order valence-corrected chi connectivity index (χ1v) is 3.09. The van der Waals surface area contributed by atoms with E-state index in [0.29, 0.717) is 12.3 Å². The molecule has 0 aliphatic rings. The van der Waals surface area contributed by atoms with Crippen LogP contribution in [-0.2, 0) is 4.79 Å². The van der Waals surface area contributed by atoms with Gasteiger partial charge in [-0.2, -0.15) is 0 Å². The molecule has 0 aromatic rings. The summed E-state index contributed by atoms with van der Waals surface area (Å²) in [6, 6.07) is -0.468. The van der Waals surface area contributed by atoms with Crippen molar-refractivity contribution in [1.82, 2.24) is 0 Å². The minimum atomic E-state index is -0.468. The summed E-state index contributed by atoms with van der Waals surface area (Å²) < 4.78 is 0. The molecule has 1 atom stereocenters. The first kappa shape index (κ1) is 12.4. The molecule has 0 saturated carbocycles. The Kier molecular flexibility index (Phi) is 6.82. The van der Waals surface area contributed by atoms with Crippen molar-refractivity contribution in [2.45, 2.75) is 26.3 Å². The van der Waals surface area contributed by atoms with Gasteiger partial charge in [-0.3, -0.25) is 4.79 Å². The van der Waals surface area contributed by atoms with Crippen molar-refractivity contribution in [2.24, 2.45) is 17.4 Å². The van der Waals surface area contributed by atoms with Gasteiger partial charge in [0.05, 0.1) is 6.04 Å². The molecule has 0 radical (unpaired) electrons. The Morgan fingerprint density at radius 2 is 1.90 bits per heavy atom. The highest BCUT2D eigenvalue weighted by atomic mass is 35.5. The summed E-state index contributed by atoms with van der Waals surface area (Å²) >= 11 is 0. The third-order valence-corrected chi connectivity index (χ3v) is 1.09. The van der Waals surface area contributed by atoms with Crippen LogP contribution in [0.1, 0.15) is 20.3 Å². The van der Waals surface area contributed by atoms with E-state index in [2.05, 4.69) is 0 Å². The molecular formula is C6H15ClN2O. The van der Waals surface area contributed by atoms with Crippen LogP contribution in [0.25, 0.3) is 0 Å². The summed E-state index contributed by atoms with van der Waals surface area (Å²) in [5.74, 6) is 0.0243. The van der Waals surface area contributed by atoms with Crippen molar-refractivity contribution in [3.8, 4) is 0 Å². The maximum Gasteiger partial charge on any atom is 0.234 e. The molecule has 0 bridgehead atoms. The minimum Gasteiger partial charge on any atom is -0.368 e. The third-order valence-electron chi connectivity index (χ3n) is 1.09. The van der Waals surface area contributed by atoms with Gasteiger partial charge in [0.25, 0.3) is 0 Å². The standard InChI is InChI=1S/C6H14N2O.ClH/c1-4(2)3-5(7)6(8)9;/h4-5H,3,7H2,1-2H3,(H2,8,9);1H/t5-;/m0./s1. The topological polar surface area (TPSA) is 69.1 Å². The quantitative estimate of drug-likeness (QED) is 0.632. The van der Waals surface area contributed by atoms with Crippen LogP contribution in [0.2, 0.25) is 0 Å². The lowest BCUT2D eigenvalue weighted by molar-refractivity contribution is -0.119. The van der Waals surface area contributed by atoms with E-state index >= 15 is 0 Å². The molecule has 10 heavy (non-hydrogen) atoms. The summed E-state index contributed by atoms with van der Waals surface area (Å²) in [7, 11) is 0. The molecule has 62 valence electrons. The molecule has 0 aromatic heterocycles. The Hall–Kier alpha value is -0.280. The lowest BCUT2D eigenvalue weighted by Crippen LogP contribution is -2.37. The average molecular weight is 167 g/mol. The van der Waals surface area contributed by atoms with Crippen LogP contribution in [0.3, 0.4) is 0 Å². The fourth-order valence-corrected chi connectivity index (χ4v) is 0.624. The highest BCUT2D eigenvalue weighted by Crippen LogP contribution is 2.00. The van der Waals surface area contributed by atoms with E-state index in [1.54, 1.807) is 0 Å². The highest BCUT2D eigenvalue weighted by Gasteiger charge is 2.09. The SMILES string of the molecule is CC(C)C[C@H](N)C(N)=O.Cl. The lowest BCUT2D eigenvalue weighted by Gasteiger charge is -2.08. The van der Waals surface area contributed by atoms with Crippen LogP contribution in [-0.4, -0.2) is 11.9 Å². The predicted octanol–water partition coefficient (Wildman–Crippen LogP) is 0.267. The average Bonchev–Trinajstić information content (AvgIpc) is 1.63.